The number of nitrogens with zero attached hydrogens (tertiary/aromatic N) is 2. The predicted molar refractivity (Wildman–Crippen MR) is 72.8 cm³/mol. The van der Waals surface area contributed by atoms with Crippen molar-refractivity contribution in [2.45, 2.75) is 39.3 Å². The van der Waals surface area contributed by atoms with Crippen LogP contribution in [-0.2, 0) is 6.54 Å². The Kier molecular flexibility index (Phi) is 4.34. The second-order valence-corrected chi connectivity index (χ2v) is 5.71. The largest absolute Gasteiger partial charge is 0.394 e. The molecule has 0 bridgehead atoms. The van der Waals surface area contributed by atoms with E-state index in [0.717, 1.165) is 11.5 Å². The lowest BCUT2D eigenvalue weighted by Gasteiger charge is -2.24. The molecule has 1 saturated heterocycles. The first-order valence-electron chi connectivity index (χ1n) is 6.21. The van der Waals surface area contributed by atoms with Crippen molar-refractivity contribution in [3.8, 4) is 0 Å². The van der Waals surface area contributed by atoms with Gasteiger partial charge in [0.2, 0.25) is 0 Å². The summed E-state index contributed by atoms with van der Waals surface area (Å²) in [5.74, 6) is 3.54. The highest BCUT2D eigenvalue weighted by Gasteiger charge is 2.18. The van der Waals surface area contributed by atoms with E-state index >= 15 is 0 Å². The average molecular weight is 255 g/mol. The van der Waals surface area contributed by atoms with Gasteiger partial charge in [-0.1, -0.05) is 0 Å². The van der Waals surface area contributed by atoms with Crippen LogP contribution in [0, 0.1) is 13.8 Å². The Balaban J connectivity index is 2.12. The van der Waals surface area contributed by atoms with Crippen LogP contribution < -0.4 is 5.32 Å². The van der Waals surface area contributed by atoms with E-state index in [2.05, 4.69) is 17.3 Å². The maximum atomic E-state index is 9.06. The first-order chi connectivity index (χ1) is 8.22. The second kappa shape index (κ2) is 5.78. The number of hydrogen-bond donors (Lipinski definition) is 2. The highest BCUT2D eigenvalue weighted by atomic mass is 32.2. The van der Waals surface area contributed by atoms with Gasteiger partial charge >= 0.3 is 0 Å². The van der Waals surface area contributed by atoms with Crippen molar-refractivity contribution in [1.29, 1.82) is 0 Å². The summed E-state index contributed by atoms with van der Waals surface area (Å²) in [5, 5.41) is 17.1. The van der Waals surface area contributed by atoms with Crippen molar-refractivity contribution in [1.82, 2.24) is 9.78 Å². The monoisotopic (exact) mass is 255 g/mol. The minimum Gasteiger partial charge on any atom is -0.394 e. The van der Waals surface area contributed by atoms with Crippen LogP contribution >= 0.6 is 11.8 Å². The molecule has 2 N–H and O–H groups in total. The van der Waals surface area contributed by atoms with Gasteiger partial charge in [0.25, 0.3) is 0 Å². The lowest BCUT2D eigenvalue weighted by Crippen LogP contribution is -2.27. The fraction of sp³-hybridized carbons (Fsp3) is 0.750. The molecular weight excluding hydrogens is 234 g/mol. The molecule has 1 fully saturated rings. The Morgan fingerprint density at radius 2 is 2.35 bits per heavy atom. The van der Waals surface area contributed by atoms with Gasteiger partial charge in [-0.05, 0) is 32.4 Å². The van der Waals surface area contributed by atoms with E-state index in [9.17, 15) is 0 Å². The Morgan fingerprint density at radius 1 is 1.53 bits per heavy atom. The summed E-state index contributed by atoms with van der Waals surface area (Å²) in [5.41, 5.74) is 2.25. The summed E-state index contributed by atoms with van der Waals surface area (Å²) >= 11 is 2.01. The Hall–Kier alpha value is -0.680. The summed E-state index contributed by atoms with van der Waals surface area (Å²) in [6, 6.07) is 0.543. The fourth-order valence-corrected chi connectivity index (χ4v) is 3.23. The Bertz CT molecular complexity index is 372. The molecule has 0 amide bonds. The number of aliphatic hydroxyl groups excluding tert-OH is 1. The van der Waals surface area contributed by atoms with E-state index in [4.69, 9.17) is 5.11 Å². The van der Waals surface area contributed by atoms with E-state index < -0.39 is 0 Å². The molecule has 4 nitrogen and oxygen atoms in total. The molecule has 0 spiro atoms. The molecule has 1 aliphatic rings. The van der Waals surface area contributed by atoms with Gasteiger partial charge in [0, 0.05) is 17.4 Å². The maximum Gasteiger partial charge on any atom is 0.127 e. The molecule has 0 radical (unpaired) electrons. The van der Waals surface area contributed by atoms with Gasteiger partial charge in [0.05, 0.1) is 18.8 Å². The number of aromatic nitrogens is 2. The van der Waals surface area contributed by atoms with Crippen LogP contribution in [0.3, 0.4) is 0 Å². The zero-order valence-corrected chi connectivity index (χ0v) is 11.4. The highest BCUT2D eigenvalue weighted by molar-refractivity contribution is 7.99. The molecule has 1 aliphatic heterocycles. The molecule has 17 heavy (non-hydrogen) atoms. The highest BCUT2D eigenvalue weighted by Crippen LogP contribution is 2.24. The van der Waals surface area contributed by atoms with Gasteiger partial charge < -0.3 is 10.4 Å². The first-order valence-corrected chi connectivity index (χ1v) is 7.37. The van der Waals surface area contributed by atoms with E-state index in [1.54, 1.807) is 0 Å². The summed E-state index contributed by atoms with van der Waals surface area (Å²) in [6.45, 7) is 4.81. The smallest absolute Gasteiger partial charge is 0.127 e. The topological polar surface area (TPSA) is 50.1 Å². The van der Waals surface area contributed by atoms with Crippen molar-refractivity contribution in [2.75, 3.05) is 23.4 Å². The Morgan fingerprint density at radius 3 is 3.00 bits per heavy atom. The lowest BCUT2D eigenvalue weighted by molar-refractivity contribution is 0.270. The van der Waals surface area contributed by atoms with Crippen LogP contribution in [-0.4, -0.2) is 39.0 Å². The van der Waals surface area contributed by atoms with Gasteiger partial charge in [-0.2, -0.15) is 16.9 Å². The second-order valence-electron chi connectivity index (χ2n) is 4.56. The van der Waals surface area contributed by atoms with Crippen LogP contribution in [0.5, 0.6) is 0 Å². The zero-order chi connectivity index (χ0) is 12.3. The molecule has 0 saturated carbocycles. The molecule has 2 heterocycles. The van der Waals surface area contributed by atoms with Gasteiger partial charge in [0.15, 0.2) is 0 Å². The van der Waals surface area contributed by atoms with Crippen molar-refractivity contribution < 1.29 is 5.11 Å². The SMILES string of the molecule is Cc1nn(CCO)c(N[C@@H]2CCCSC2)c1C. The fourth-order valence-electron chi connectivity index (χ4n) is 2.16. The Labute approximate surface area is 107 Å². The van der Waals surface area contributed by atoms with Crippen molar-refractivity contribution in [3.05, 3.63) is 11.3 Å². The zero-order valence-electron chi connectivity index (χ0n) is 10.6. The van der Waals surface area contributed by atoms with Gasteiger partial charge in [-0.25, -0.2) is 4.68 Å². The van der Waals surface area contributed by atoms with Crippen LogP contribution in [0.1, 0.15) is 24.1 Å². The molecule has 0 aromatic carbocycles. The maximum absolute atomic E-state index is 9.06. The third-order valence-electron chi connectivity index (χ3n) is 3.24. The van der Waals surface area contributed by atoms with Gasteiger partial charge in [0.1, 0.15) is 5.82 Å². The number of hydrogen-bond acceptors (Lipinski definition) is 4. The van der Waals surface area contributed by atoms with Crippen LogP contribution in [0.4, 0.5) is 5.82 Å². The molecule has 1 aromatic heterocycles. The number of rotatable bonds is 4. The molecule has 0 aliphatic carbocycles. The van der Waals surface area contributed by atoms with E-state index in [1.165, 1.54) is 29.9 Å². The molecule has 2 rings (SSSR count). The summed E-state index contributed by atoms with van der Waals surface area (Å²) < 4.78 is 1.89. The molecule has 1 atom stereocenters. The number of anilines is 1. The van der Waals surface area contributed by atoms with Gasteiger partial charge in [-0.3, -0.25) is 0 Å². The normalized spacial score (nSPS) is 20.5. The minimum atomic E-state index is 0.134. The van der Waals surface area contributed by atoms with Crippen LogP contribution in [0.15, 0.2) is 0 Å². The number of aryl methyl sites for hydroxylation is 1. The number of nitrogens with one attached hydrogen (secondary N) is 1. The molecule has 96 valence electrons. The number of thioether (sulfide) groups is 1. The van der Waals surface area contributed by atoms with Crippen molar-refractivity contribution in [2.24, 2.45) is 0 Å². The number of aliphatic hydroxyl groups is 1. The van der Waals surface area contributed by atoms with E-state index in [-0.39, 0.29) is 6.61 Å². The molecule has 1 aromatic rings. The third kappa shape index (κ3) is 2.96. The van der Waals surface area contributed by atoms with Crippen LogP contribution in [0.25, 0.3) is 0 Å². The van der Waals surface area contributed by atoms with Crippen molar-refractivity contribution >= 4 is 17.6 Å². The third-order valence-corrected chi connectivity index (χ3v) is 4.46. The standard InChI is InChI=1S/C12H21N3OS/c1-9-10(2)14-15(5-6-16)12(9)13-11-4-3-7-17-8-11/h11,13,16H,3-8H2,1-2H3/t11-/m1/s1. The molecular formula is C12H21N3OS. The summed E-state index contributed by atoms with van der Waals surface area (Å²) in [6.07, 6.45) is 2.52. The van der Waals surface area contributed by atoms with Gasteiger partial charge in [-0.15, -0.1) is 0 Å². The quantitative estimate of drug-likeness (QED) is 0.861. The first kappa shape index (κ1) is 12.8. The molecule has 5 heteroatoms. The van der Waals surface area contributed by atoms with E-state index in [0.29, 0.717) is 12.6 Å². The summed E-state index contributed by atoms with van der Waals surface area (Å²) in [7, 11) is 0. The molecule has 0 unspecified atom stereocenters. The predicted octanol–water partition coefficient (Wildman–Crippen LogP) is 1.80. The van der Waals surface area contributed by atoms with Crippen molar-refractivity contribution in [3.63, 3.8) is 0 Å². The lowest BCUT2D eigenvalue weighted by atomic mass is 10.1. The van der Waals surface area contributed by atoms with E-state index in [1.807, 2.05) is 23.4 Å². The average Bonchev–Trinajstić information content (AvgIpc) is 2.59. The minimum absolute atomic E-state index is 0.134. The van der Waals surface area contributed by atoms with Crippen LogP contribution in [0.2, 0.25) is 0 Å². The summed E-state index contributed by atoms with van der Waals surface area (Å²) in [4.78, 5) is 0.